The third-order valence-corrected chi connectivity index (χ3v) is 2.98. The first-order valence-corrected chi connectivity index (χ1v) is 6.24. The van der Waals surface area contributed by atoms with Crippen LogP contribution < -0.4 is 10.2 Å². The van der Waals surface area contributed by atoms with Crippen LogP contribution in [0.5, 0.6) is 0 Å². The second-order valence-corrected chi connectivity index (χ2v) is 4.60. The van der Waals surface area contributed by atoms with E-state index in [2.05, 4.69) is 5.32 Å². The second-order valence-electron chi connectivity index (χ2n) is 4.60. The zero-order chi connectivity index (χ0) is 14.4. The molecular formula is C14H20N2O3. The Morgan fingerprint density at radius 3 is 2.58 bits per heavy atom. The van der Waals surface area contributed by atoms with E-state index >= 15 is 0 Å². The summed E-state index contributed by atoms with van der Waals surface area (Å²) in [5, 5.41) is 11.6. The summed E-state index contributed by atoms with van der Waals surface area (Å²) in [5.74, 6) is -1.67. The summed E-state index contributed by atoms with van der Waals surface area (Å²) in [6.07, 6.45) is 0.493. The zero-order valence-corrected chi connectivity index (χ0v) is 11.5. The van der Waals surface area contributed by atoms with Gasteiger partial charge in [-0.3, -0.25) is 9.59 Å². The van der Waals surface area contributed by atoms with Crippen molar-refractivity contribution in [1.82, 2.24) is 5.32 Å². The molecule has 0 radical (unpaired) electrons. The smallest absolute Gasteiger partial charge is 0.308 e. The van der Waals surface area contributed by atoms with Crippen molar-refractivity contribution in [2.45, 2.75) is 13.3 Å². The fraction of sp³-hybridized carbons (Fsp3) is 0.429. The summed E-state index contributed by atoms with van der Waals surface area (Å²) >= 11 is 0. The van der Waals surface area contributed by atoms with Crippen LogP contribution in [-0.4, -0.2) is 37.6 Å². The lowest BCUT2D eigenvalue weighted by molar-refractivity contribution is -0.141. The van der Waals surface area contributed by atoms with Gasteiger partial charge in [-0.1, -0.05) is 13.0 Å². The molecule has 19 heavy (non-hydrogen) atoms. The Bertz CT molecular complexity index is 458. The number of carboxylic acids is 1. The zero-order valence-electron chi connectivity index (χ0n) is 11.5. The molecule has 0 saturated heterocycles. The van der Waals surface area contributed by atoms with Gasteiger partial charge in [0.15, 0.2) is 0 Å². The van der Waals surface area contributed by atoms with Gasteiger partial charge in [0.25, 0.3) is 5.91 Å². The van der Waals surface area contributed by atoms with E-state index in [1.54, 1.807) is 25.1 Å². The van der Waals surface area contributed by atoms with Gasteiger partial charge in [-0.2, -0.15) is 0 Å². The predicted octanol–water partition coefficient (Wildman–Crippen LogP) is 1.59. The molecule has 0 aliphatic rings. The standard InChI is InChI=1S/C14H20N2O3/c1-4-10(14(18)19)9-15-13(17)11-6-5-7-12(8-11)16(2)3/h5-8,10H,4,9H2,1-3H3,(H,15,17)(H,18,19). The first-order valence-electron chi connectivity index (χ1n) is 6.24. The Kier molecular flexibility index (Phi) is 5.36. The van der Waals surface area contributed by atoms with Gasteiger partial charge in [0.05, 0.1) is 5.92 Å². The van der Waals surface area contributed by atoms with Gasteiger partial charge in [0, 0.05) is 31.9 Å². The summed E-state index contributed by atoms with van der Waals surface area (Å²) in [5.41, 5.74) is 1.46. The molecule has 0 bridgehead atoms. The molecule has 1 unspecified atom stereocenters. The van der Waals surface area contributed by atoms with Crippen LogP contribution in [0.15, 0.2) is 24.3 Å². The highest BCUT2D eigenvalue weighted by molar-refractivity contribution is 5.95. The molecule has 5 nitrogen and oxygen atoms in total. The normalized spacial score (nSPS) is 11.7. The lowest BCUT2D eigenvalue weighted by atomic mass is 10.1. The van der Waals surface area contributed by atoms with Crippen molar-refractivity contribution in [3.8, 4) is 0 Å². The Labute approximate surface area is 113 Å². The van der Waals surface area contributed by atoms with E-state index in [-0.39, 0.29) is 12.5 Å². The number of rotatable bonds is 6. The van der Waals surface area contributed by atoms with E-state index in [4.69, 9.17) is 5.11 Å². The molecule has 0 heterocycles. The highest BCUT2D eigenvalue weighted by Gasteiger charge is 2.16. The minimum atomic E-state index is -0.884. The Hall–Kier alpha value is -2.04. The molecule has 2 N–H and O–H groups in total. The van der Waals surface area contributed by atoms with Gasteiger partial charge >= 0.3 is 5.97 Å². The number of aliphatic carboxylic acids is 1. The highest BCUT2D eigenvalue weighted by atomic mass is 16.4. The molecule has 0 aliphatic heterocycles. The summed E-state index contributed by atoms with van der Waals surface area (Å²) in [7, 11) is 3.79. The van der Waals surface area contributed by atoms with Crippen molar-refractivity contribution in [2.24, 2.45) is 5.92 Å². The van der Waals surface area contributed by atoms with Crippen molar-refractivity contribution >= 4 is 17.6 Å². The minimum absolute atomic E-state index is 0.150. The van der Waals surface area contributed by atoms with Crippen LogP contribution >= 0.6 is 0 Å². The molecule has 1 atom stereocenters. The first kappa shape index (κ1) is 15.0. The number of nitrogens with zero attached hydrogens (tertiary/aromatic N) is 1. The summed E-state index contributed by atoms with van der Waals surface area (Å²) in [4.78, 5) is 24.7. The van der Waals surface area contributed by atoms with E-state index < -0.39 is 11.9 Å². The number of hydrogen-bond acceptors (Lipinski definition) is 3. The maximum atomic E-state index is 11.9. The number of benzene rings is 1. The summed E-state index contributed by atoms with van der Waals surface area (Å²) < 4.78 is 0. The highest BCUT2D eigenvalue weighted by Crippen LogP contribution is 2.13. The van der Waals surface area contributed by atoms with Gasteiger partial charge in [-0.25, -0.2) is 0 Å². The lowest BCUT2D eigenvalue weighted by Crippen LogP contribution is -2.32. The minimum Gasteiger partial charge on any atom is -0.481 e. The lowest BCUT2D eigenvalue weighted by Gasteiger charge is -2.14. The summed E-state index contributed by atoms with van der Waals surface area (Å²) in [6, 6.07) is 7.20. The van der Waals surface area contributed by atoms with Gasteiger partial charge in [-0.15, -0.1) is 0 Å². The van der Waals surface area contributed by atoms with Crippen molar-refractivity contribution in [2.75, 3.05) is 25.5 Å². The molecular weight excluding hydrogens is 244 g/mol. The van der Waals surface area contributed by atoms with Gasteiger partial charge < -0.3 is 15.3 Å². The van der Waals surface area contributed by atoms with E-state index in [9.17, 15) is 9.59 Å². The van der Waals surface area contributed by atoms with E-state index in [1.165, 1.54) is 0 Å². The average molecular weight is 264 g/mol. The molecule has 0 aromatic heterocycles. The Balaban J connectivity index is 2.68. The van der Waals surface area contributed by atoms with Crippen LogP contribution in [0.25, 0.3) is 0 Å². The first-order chi connectivity index (χ1) is 8.95. The number of carbonyl (C=O) groups is 2. The molecule has 1 aromatic rings. The Morgan fingerprint density at radius 1 is 1.37 bits per heavy atom. The maximum absolute atomic E-state index is 11.9. The Morgan fingerprint density at radius 2 is 2.05 bits per heavy atom. The van der Waals surface area contributed by atoms with Crippen LogP contribution in [-0.2, 0) is 4.79 Å². The van der Waals surface area contributed by atoms with Crippen molar-refractivity contribution < 1.29 is 14.7 Å². The average Bonchev–Trinajstić information content (AvgIpc) is 2.38. The van der Waals surface area contributed by atoms with Crippen LogP contribution in [0.1, 0.15) is 23.7 Å². The second kappa shape index (κ2) is 6.78. The van der Waals surface area contributed by atoms with E-state index in [0.717, 1.165) is 5.69 Å². The fourth-order valence-electron chi connectivity index (χ4n) is 1.65. The number of anilines is 1. The van der Waals surface area contributed by atoms with Crippen molar-refractivity contribution in [3.63, 3.8) is 0 Å². The number of carboxylic acid groups (broad SMARTS) is 1. The monoisotopic (exact) mass is 264 g/mol. The molecule has 104 valence electrons. The van der Waals surface area contributed by atoms with Crippen molar-refractivity contribution in [1.29, 1.82) is 0 Å². The molecule has 0 aliphatic carbocycles. The molecule has 1 amide bonds. The quantitative estimate of drug-likeness (QED) is 0.818. The molecule has 5 heteroatoms. The van der Waals surface area contributed by atoms with Gasteiger partial charge in [-0.05, 0) is 24.6 Å². The van der Waals surface area contributed by atoms with Gasteiger partial charge in [0.2, 0.25) is 0 Å². The van der Waals surface area contributed by atoms with E-state index in [1.807, 2.05) is 25.1 Å². The maximum Gasteiger partial charge on any atom is 0.308 e. The number of amides is 1. The number of hydrogen-bond donors (Lipinski definition) is 2. The molecule has 0 fully saturated rings. The molecule has 1 aromatic carbocycles. The molecule has 0 spiro atoms. The topological polar surface area (TPSA) is 69.6 Å². The largest absolute Gasteiger partial charge is 0.481 e. The summed E-state index contributed by atoms with van der Waals surface area (Å²) in [6.45, 7) is 1.94. The number of carbonyl (C=O) groups excluding carboxylic acids is 1. The SMILES string of the molecule is CCC(CNC(=O)c1cccc(N(C)C)c1)C(=O)O. The number of nitrogens with one attached hydrogen (secondary N) is 1. The van der Waals surface area contributed by atoms with E-state index in [0.29, 0.717) is 12.0 Å². The third kappa shape index (κ3) is 4.28. The van der Waals surface area contributed by atoms with Crippen LogP contribution in [0.2, 0.25) is 0 Å². The fourth-order valence-corrected chi connectivity index (χ4v) is 1.65. The van der Waals surface area contributed by atoms with Crippen LogP contribution in [0, 0.1) is 5.92 Å². The molecule has 0 saturated carbocycles. The third-order valence-electron chi connectivity index (χ3n) is 2.98. The predicted molar refractivity (Wildman–Crippen MR) is 74.5 cm³/mol. The van der Waals surface area contributed by atoms with Crippen LogP contribution in [0.3, 0.4) is 0 Å². The van der Waals surface area contributed by atoms with Crippen molar-refractivity contribution in [3.05, 3.63) is 29.8 Å². The molecule has 1 rings (SSSR count). The van der Waals surface area contributed by atoms with Gasteiger partial charge in [0.1, 0.15) is 0 Å². The van der Waals surface area contributed by atoms with Crippen LogP contribution in [0.4, 0.5) is 5.69 Å².